The summed E-state index contributed by atoms with van der Waals surface area (Å²) in [5.74, 6) is -0.0431. The average molecular weight is 354 g/mol. The number of carbonyl (C=O) groups is 1. The van der Waals surface area contributed by atoms with Crippen molar-refractivity contribution >= 4 is 28.3 Å². The molecule has 2 N–H and O–H groups in total. The zero-order valence-electron chi connectivity index (χ0n) is 13.4. The first-order chi connectivity index (χ1) is 9.87. The van der Waals surface area contributed by atoms with E-state index in [-0.39, 0.29) is 30.4 Å². The van der Waals surface area contributed by atoms with Gasteiger partial charge >= 0.3 is 0 Å². The summed E-state index contributed by atoms with van der Waals surface area (Å²) in [7, 11) is -3.53. The number of halogens is 1. The Morgan fingerprint density at radius 3 is 2.45 bits per heavy atom. The van der Waals surface area contributed by atoms with Crippen molar-refractivity contribution < 1.29 is 13.2 Å². The van der Waals surface area contributed by atoms with Gasteiger partial charge in [0.2, 0.25) is 15.9 Å². The molecule has 1 heterocycles. The third-order valence-electron chi connectivity index (χ3n) is 4.50. The van der Waals surface area contributed by atoms with Gasteiger partial charge in [0.1, 0.15) is 5.75 Å². The number of rotatable bonds is 4. The number of carbonyl (C=O) groups excluding carboxylic acids is 1. The van der Waals surface area contributed by atoms with E-state index in [4.69, 9.17) is 0 Å². The van der Waals surface area contributed by atoms with Gasteiger partial charge in [-0.2, -0.15) is 0 Å². The number of hydrogen-bond acceptors (Lipinski definition) is 4. The van der Waals surface area contributed by atoms with E-state index in [1.165, 1.54) is 0 Å². The van der Waals surface area contributed by atoms with Gasteiger partial charge in [0.05, 0.1) is 0 Å². The topological polar surface area (TPSA) is 78.5 Å². The predicted octanol–water partition coefficient (Wildman–Crippen LogP) is 0.727. The molecule has 1 unspecified atom stereocenters. The largest absolute Gasteiger partial charge is 0.337 e. The summed E-state index contributed by atoms with van der Waals surface area (Å²) >= 11 is 0. The average Bonchev–Trinajstić information content (AvgIpc) is 2.41. The molecule has 6 nitrogen and oxygen atoms in total. The molecule has 0 radical (unpaired) electrons. The van der Waals surface area contributed by atoms with E-state index in [0.29, 0.717) is 12.5 Å². The minimum Gasteiger partial charge on any atom is -0.337 e. The summed E-state index contributed by atoms with van der Waals surface area (Å²) in [6, 6.07) is 0.0522. The van der Waals surface area contributed by atoms with Crippen LogP contribution in [0.5, 0.6) is 0 Å². The molecule has 1 amide bonds. The van der Waals surface area contributed by atoms with E-state index < -0.39 is 15.8 Å². The SMILES string of the molecule is CC1CCC(NS(=O)(=O)CC(=O)N2CCNCC2C)CC1.Cl. The van der Waals surface area contributed by atoms with E-state index in [2.05, 4.69) is 17.0 Å². The maximum Gasteiger partial charge on any atom is 0.239 e. The first-order valence-electron chi connectivity index (χ1n) is 7.87. The Hall–Kier alpha value is -0.370. The van der Waals surface area contributed by atoms with Gasteiger partial charge in [-0.15, -0.1) is 12.4 Å². The Labute approximate surface area is 139 Å². The van der Waals surface area contributed by atoms with Crippen molar-refractivity contribution in [2.75, 3.05) is 25.4 Å². The van der Waals surface area contributed by atoms with Crippen LogP contribution in [-0.4, -0.2) is 56.7 Å². The number of amides is 1. The Morgan fingerprint density at radius 2 is 1.86 bits per heavy atom. The highest BCUT2D eigenvalue weighted by Gasteiger charge is 2.29. The van der Waals surface area contributed by atoms with Crippen LogP contribution in [-0.2, 0) is 14.8 Å². The lowest BCUT2D eigenvalue weighted by molar-refractivity contribution is -0.131. The number of nitrogens with zero attached hydrogens (tertiary/aromatic N) is 1. The number of nitrogens with one attached hydrogen (secondary N) is 2. The molecule has 22 heavy (non-hydrogen) atoms. The lowest BCUT2D eigenvalue weighted by atomic mass is 9.88. The fourth-order valence-corrected chi connectivity index (χ4v) is 4.45. The molecule has 0 spiro atoms. The van der Waals surface area contributed by atoms with E-state index in [1.807, 2.05) is 6.92 Å². The molecule has 2 fully saturated rings. The van der Waals surface area contributed by atoms with Crippen molar-refractivity contribution in [3.8, 4) is 0 Å². The normalized spacial score (nSPS) is 29.7. The van der Waals surface area contributed by atoms with Crippen LogP contribution in [0.1, 0.15) is 39.5 Å². The van der Waals surface area contributed by atoms with Crippen molar-refractivity contribution in [1.29, 1.82) is 0 Å². The van der Waals surface area contributed by atoms with Gasteiger partial charge in [-0.25, -0.2) is 13.1 Å². The molecule has 1 aliphatic carbocycles. The standard InChI is InChI=1S/C14H27N3O3S.ClH/c1-11-3-5-13(6-4-11)16-21(19,20)10-14(18)17-8-7-15-9-12(17)2;/h11-13,15-16H,3-10H2,1-2H3;1H. The van der Waals surface area contributed by atoms with Crippen LogP contribution >= 0.6 is 12.4 Å². The van der Waals surface area contributed by atoms with Gasteiger partial charge in [0, 0.05) is 31.7 Å². The van der Waals surface area contributed by atoms with Gasteiger partial charge in [-0.3, -0.25) is 4.79 Å². The van der Waals surface area contributed by atoms with Crippen LogP contribution in [0.15, 0.2) is 0 Å². The molecule has 0 aromatic rings. The molecule has 1 atom stereocenters. The Kier molecular flexibility index (Phi) is 7.58. The van der Waals surface area contributed by atoms with Crippen molar-refractivity contribution in [3.05, 3.63) is 0 Å². The zero-order chi connectivity index (χ0) is 15.5. The van der Waals surface area contributed by atoms with E-state index in [1.54, 1.807) is 4.90 Å². The monoisotopic (exact) mass is 353 g/mol. The highest BCUT2D eigenvalue weighted by Crippen LogP contribution is 2.23. The molecule has 130 valence electrons. The Balaban J connectivity index is 0.00000242. The maximum atomic E-state index is 12.2. The third-order valence-corrected chi connectivity index (χ3v) is 5.82. The van der Waals surface area contributed by atoms with Gasteiger partial charge in [-0.05, 0) is 38.5 Å². The quantitative estimate of drug-likeness (QED) is 0.781. The summed E-state index contributed by atoms with van der Waals surface area (Å²) in [5, 5.41) is 3.19. The fraction of sp³-hybridized carbons (Fsp3) is 0.929. The molecule has 1 saturated heterocycles. The van der Waals surface area contributed by atoms with Crippen LogP contribution in [0.2, 0.25) is 0 Å². The molecule has 1 aliphatic heterocycles. The summed E-state index contributed by atoms with van der Waals surface area (Å²) in [6.07, 6.45) is 3.85. The lowest BCUT2D eigenvalue weighted by Gasteiger charge is -2.34. The predicted molar refractivity (Wildman–Crippen MR) is 89.6 cm³/mol. The van der Waals surface area contributed by atoms with Crippen LogP contribution in [0.25, 0.3) is 0 Å². The third kappa shape index (κ3) is 5.68. The molecule has 2 rings (SSSR count). The van der Waals surface area contributed by atoms with Crippen LogP contribution in [0.3, 0.4) is 0 Å². The van der Waals surface area contributed by atoms with Gasteiger partial charge in [-0.1, -0.05) is 6.92 Å². The van der Waals surface area contributed by atoms with Crippen LogP contribution < -0.4 is 10.0 Å². The van der Waals surface area contributed by atoms with Crippen molar-refractivity contribution in [1.82, 2.24) is 14.9 Å². The molecular formula is C14H28ClN3O3S. The molecule has 0 bridgehead atoms. The second-order valence-electron chi connectivity index (χ2n) is 6.47. The van der Waals surface area contributed by atoms with E-state index in [9.17, 15) is 13.2 Å². The van der Waals surface area contributed by atoms with E-state index >= 15 is 0 Å². The van der Waals surface area contributed by atoms with Crippen LogP contribution in [0, 0.1) is 5.92 Å². The summed E-state index contributed by atoms with van der Waals surface area (Å²) in [4.78, 5) is 13.9. The summed E-state index contributed by atoms with van der Waals surface area (Å²) in [5.41, 5.74) is 0. The Bertz CT molecular complexity index is 464. The van der Waals surface area contributed by atoms with Gasteiger partial charge in [0.25, 0.3) is 0 Å². The number of piperazine rings is 1. The number of sulfonamides is 1. The van der Waals surface area contributed by atoms with Crippen molar-refractivity contribution in [2.45, 2.75) is 51.6 Å². The van der Waals surface area contributed by atoms with Crippen molar-refractivity contribution in [3.63, 3.8) is 0 Å². The minimum atomic E-state index is -3.53. The second kappa shape index (κ2) is 8.47. The first kappa shape index (κ1) is 19.7. The second-order valence-corrected chi connectivity index (χ2v) is 8.23. The maximum absolute atomic E-state index is 12.2. The van der Waals surface area contributed by atoms with E-state index in [0.717, 1.165) is 38.8 Å². The summed E-state index contributed by atoms with van der Waals surface area (Å²) < 4.78 is 27.0. The first-order valence-corrected chi connectivity index (χ1v) is 9.53. The molecule has 0 aromatic heterocycles. The minimum absolute atomic E-state index is 0. The molecule has 2 aliphatic rings. The van der Waals surface area contributed by atoms with Gasteiger partial charge in [0.15, 0.2) is 0 Å². The molecular weight excluding hydrogens is 326 g/mol. The van der Waals surface area contributed by atoms with Gasteiger partial charge < -0.3 is 10.2 Å². The molecule has 0 aromatic carbocycles. The highest BCUT2D eigenvalue weighted by molar-refractivity contribution is 7.90. The molecule has 8 heteroatoms. The highest BCUT2D eigenvalue weighted by atomic mass is 35.5. The smallest absolute Gasteiger partial charge is 0.239 e. The Morgan fingerprint density at radius 1 is 1.23 bits per heavy atom. The van der Waals surface area contributed by atoms with Crippen molar-refractivity contribution in [2.24, 2.45) is 5.92 Å². The van der Waals surface area contributed by atoms with Crippen LogP contribution in [0.4, 0.5) is 0 Å². The molecule has 1 saturated carbocycles. The lowest BCUT2D eigenvalue weighted by Crippen LogP contribution is -2.54. The zero-order valence-corrected chi connectivity index (χ0v) is 15.0. The summed E-state index contributed by atoms with van der Waals surface area (Å²) in [6.45, 7) is 6.16. The number of hydrogen-bond donors (Lipinski definition) is 2. The fourth-order valence-electron chi connectivity index (χ4n) is 3.13.